The third-order valence-corrected chi connectivity index (χ3v) is 4.15. The van der Waals surface area contributed by atoms with Crippen LogP contribution in [0.4, 0.5) is 4.39 Å². The summed E-state index contributed by atoms with van der Waals surface area (Å²) >= 11 is 0. The highest BCUT2D eigenvalue weighted by Gasteiger charge is 2.24. The van der Waals surface area contributed by atoms with Crippen molar-refractivity contribution in [3.8, 4) is 0 Å². The summed E-state index contributed by atoms with van der Waals surface area (Å²) in [5.74, 6) is -0.0848. The molecule has 1 saturated heterocycles. The summed E-state index contributed by atoms with van der Waals surface area (Å²) in [4.78, 5) is 15.7. The van der Waals surface area contributed by atoms with E-state index in [1.54, 1.807) is 0 Å². The molecule has 0 radical (unpaired) electrons. The number of carbonyl (C=O) groups is 1. The minimum Gasteiger partial charge on any atom is -0.328 e. The second-order valence-electron chi connectivity index (χ2n) is 5.71. The summed E-state index contributed by atoms with van der Waals surface area (Å²) in [7, 11) is 0. The zero-order valence-corrected chi connectivity index (χ0v) is 12.5. The first-order valence-electron chi connectivity index (χ1n) is 7.65. The summed E-state index contributed by atoms with van der Waals surface area (Å²) in [5.41, 5.74) is 1.89. The van der Waals surface area contributed by atoms with Gasteiger partial charge in [0.15, 0.2) is 0 Å². The standard InChI is InChI=1S/C18H19FN2O/c19-17-8-6-15(7-9-17)14-20-10-12-21(13-11-20)18(22)16-4-2-1-3-5-16/h1-9H,10-14H2/p+1. The number of rotatable bonds is 3. The molecule has 2 aromatic rings. The van der Waals surface area contributed by atoms with Crippen LogP contribution >= 0.6 is 0 Å². The van der Waals surface area contributed by atoms with E-state index in [9.17, 15) is 9.18 Å². The van der Waals surface area contributed by atoms with Crippen LogP contribution in [0.1, 0.15) is 15.9 Å². The maximum atomic E-state index is 12.9. The molecule has 1 amide bonds. The van der Waals surface area contributed by atoms with E-state index in [2.05, 4.69) is 0 Å². The van der Waals surface area contributed by atoms with Crippen molar-refractivity contribution in [2.75, 3.05) is 26.2 Å². The van der Waals surface area contributed by atoms with E-state index in [0.717, 1.165) is 43.9 Å². The molecular weight excluding hydrogens is 279 g/mol. The van der Waals surface area contributed by atoms with Crippen LogP contribution in [0.2, 0.25) is 0 Å². The number of nitrogens with one attached hydrogen (secondary N) is 1. The minimum absolute atomic E-state index is 0.112. The molecule has 1 aliphatic rings. The Balaban J connectivity index is 1.54. The minimum atomic E-state index is -0.197. The van der Waals surface area contributed by atoms with Gasteiger partial charge < -0.3 is 9.80 Å². The average Bonchev–Trinajstić information content (AvgIpc) is 2.58. The Morgan fingerprint density at radius 1 is 1.00 bits per heavy atom. The summed E-state index contributed by atoms with van der Waals surface area (Å²) < 4.78 is 12.9. The van der Waals surface area contributed by atoms with Crippen molar-refractivity contribution in [1.82, 2.24) is 4.90 Å². The van der Waals surface area contributed by atoms with Gasteiger partial charge in [-0.2, -0.15) is 0 Å². The number of benzene rings is 2. The van der Waals surface area contributed by atoms with E-state index >= 15 is 0 Å². The maximum Gasteiger partial charge on any atom is 0.254 e. The number of halogens is 1. The van der Waals surface area contributed by atoms with Crippen LogP contribution in [-0.4, -0.2) is 37.0 Å². The Bertz CT molecular complexity index is 619. The highest BCUT2D eigenvalue weighted by molar-refractivity contribution is 5.94. The third kappa shape index (κ3) is 3.52. The average molecular weight is 299 g/mol. The zero-order valence-electron chi connectivity index (χ0n) is 12.5. The highest BCUT2D eigenvalue weighted by atomic mass is 19.1. The molecule has 22 heavy (non-hydrogen) atoms. The first kappa shape index (κ1) is 14.7. The summed E-state index contributed by atoms with van der Waals surface area (Å²) in [6.45, 7) is 4.27. The fourth-order valence-corrected chi connectivity index (χ4v) is 2.86. The van der Waals surface area contributed by atoms with Gasteiger partial charge in [0.25, 0.3) is 5.91 Å². The van der Waals surface area contributed by atoms with Gasteiger partial charge in [0.2, 0.25) is 0 Å². The van der Waals surface area contributed by atoms with Crippen LogP contribution in [0, 0.1) is 5.82 Å². The lowest BCUT2D eigenvalue weighted by molar-refractivity contribution is -0.917. The number of piperazine rings is 1. The molecule has 3 nitrogen and oxygen atoms in total. The predicted molar refractivity (Wildman–Crippen MR) is 83.1 cm³/mol. The molecule has 4 heteroatoms. The molecule has 1 aliphatic heterocycles. The lowest BCUT2D eigenvalue weighted by Gasteiger charge is -2.32. The summed E-state index contributed by atoms with van der Waals surface area (Å²) in [5, 5.41) is 0. The Hall–Kier alpha value is -2.20. The van der Waals surface area contributed by atoms with Crippen molar-refractivity contribution in [1.29, 1.82) is 0 Å². The molecule has 114 valence electrons. The van der Waals surface area contributed by atoms with Gasteiger partial charge in [-0.3, -0.25) is 4.79 Å². The van der Waals surface area contributed by atoms with Crippen molar-refractivity contribution in [2.45, 2.75) is 6.54 Å². The van der Waals surface area contributed by atoms with Crippen LogP contribution in [0.5, 0.6) is 0 Å². The van der Waals surface area contributed by atoms with Crippen molar-refractivity contribution < 1.29 is 14.1 Å². The molecule has 0 aliphatic carbocycles. The molecule has 1 fully saturated rings. The van der Waals surface area contributed by atoms with Gasteiger partial charge in [0, 0.05) is 11.1 Å². The molecule has 3 rings (SSSR count). The lowest BCUT2D eigenvalue weighted by atomic mass is 10.1. The molecule has 0 aromatic heterocycles. The molecule has 0 saturated carbocycles. The van der Waals surface area contributed by atoms with E-state index < -0.39 is 0 Å². The van der Waals surface area contributed by atoms with Gasteiger partial charge in [-0.05, 0) is 24.3 Å². The molecule has 0 atom stereocenters. The third-order valence-electron chi connectivity index (χ3n) is 4.15. The smallest absolute Gasteiger partial charge is 0.254 e. The van der Waals surface area contributed by atoms with Gasteiger partial charge in [-0.25, -0.2) is 4.39 Å². The Morgan fingerprint density at radius 2 is 1.64 bits per heavy atom. The number of amides is 1. The van der Waals surface area contributed by atoms with Crippen molar-refractivity contribution >= 4 is 5.91 Å². The SMILES string of the molecule is O=C(c1ccccc1)N1CC[NH+](Cc2ccc(F)cc2)CC1. The van der Waals surface area contributed by atoms with E-state index in [4.69, 9.17) is 0 Å². The molecule has 1 N–H and O–H groups in total. The molecule has 0 unspecified atom stereocenters. The van der Waals surface area contributed by atoms with Gasteiger partial charge >= 0.3 is 0 Å². The number of carbonyl (C=O) groups excluding carboxylic acids is 1. The van der Waals surface area contributed by atoms with E-state index in [1.807, 2.05) is 47.4 Å². The first-order chi connectivity index (χ1) is 10.7. The Kier molecular flexibility index (Phi) is 4.49. The molecule has 2 aromatic carbocycles. The Labute approximate surface area is 130 Å². The van der Waals surface area contributed by atoms with E-state index in [0.29, 0.717) is 0 Å². The van der Waals surface area contributed by atoms with Crippen LogP contribution in [-0.2, 0) is 6.54 Å². The normalized spacial score (nSPS) is 15.8. The first-order valence-corrected chi connectivity index (χ1v) is 7.65. The number of hydrogen-bond donors (Lipinski definition) is 1. The predicted octanol–water partition coefficient (Wildman–Crippen LogP) is 1.37. The van der Waals surface area contributed by atoms with Crippen molar-refractivity contribution in [2.24, 2.45) is 0 Å². The largest absolute Gasteiger partial charge is 0.328 e. The topological polar surface area (TPSA) is 24.8 Å². The second-order valence-corrected chi connectivity index (χ2v) is 5.71. The van der Waals surface area contributed by atoms with Crippen LogP contribution in [0.25, 0.3) is 0 Å². The fourth-order valence-electron chi connectivity index (χ4n) is 2.86. The van der Waals surface area contributed by atoms with Gasteiger partial charge in [-0.1, -0.05) is 30.3 Å². The number of quaternary nitrogens is 1. The van der Waals surface area contributed by atoms with Crippen molar-refractivity contribution in [3.63, 3.8) is 0 Å². The molecule has 0 spiro atoms. The second kappa shape index (κ2) is 6.71. The van der Waals surface area contributed by atoms with Gasteiger partial charge in [0.05, 0.1) is 26.2 Å². The van der Waals surface area contributed by atoms with Crippen molar-refractivity contribution in [3.05, 3.63) is 71.5 Å². The lowest BCUT2D eigenvalue weighted by Crippen LogP contribution is -3.13. The van der Waals surface area contributed by atoms with Crippen LogP contribution in [0.15, 0.2) is 54.6 Å². The fraction of sp³-hybridized carbons (Fsp3) is 0.278. The maximum absolute atomic E-state index is 12.9. The van der Waals surface area contributed by atoms with Gasteiger partial charge in [0.1, 0.15) is 12.4 Å². The monoisotopic (exact) mass is 299 g/mol. The number of hydrogen-bond acceptors (Lipinski definition) is 1. The van der Waals surface area contributed by atoms with E-state index in [-0.39, 0.29) is 11.7 Å². The Morgan fingerprint density at radius 3 is 2.27 bits per heavy atom. The summed E-state index contributed by atoms with van der Waals surface area (Å²) in [6, 6.07) is 16.1. The molecular formula is C18H20FN2O+. The van der Waals surface area contributed by atoms with Crippen LogP contribution < -0.4 is 4.90 Å². The summed E-state index contributed by atoms with van der Waals surface area (Å²) in [6.07, 6.45) is 0. The van der Waals surface area contributed by atoms with Crippen LogP contribution in [0.3, 0.4) is 0 Å². The number of nitrogens with zero attached hydrogens (tertiary/aromatic N) is 1. The zero-order chi connectivity index (χ0) is 15.4. The quantitative estimate of drug-likeness (QED) is 0.909. The van der Waals surface area contributed by atoms with Gasteiger partial charge in [-0.15, -0.1) is 0 Å². The highest BCUT2D eigenvalue weighted by Crippen LogP contribution is 2.05. The molecule has 1 heterocycles. The molecule has 0 bridgehead atoms. The van der Waals surface area contributed by atoms with E-state index in [1.165, 1.54) is 17.0 Å².